The number of aliphatic hydroxyl groups excluding tert-OH is 1. The molecule has 0 saturated heterocycles. The molecule has 1 rings (SSSR count). The third kappa shape index (κ3) is 2.49. The van der Waals surface area contributed by atoms with Gasteiger partial charge in [-0.1, -0.05) is 0 Å². The van der Waals surface area contributed by atoms with Crippen LogP contribution in [0.25, 0.3) is 0 Å². The van der Waals surface area contributed by atoms with Crippen LogP contribution in [-0.2, 0) is 0 Å². The molecule has 14 heavy (non-hydrogen) atoms. The van der Waals surface area contributed by atoms with Crippen LogP contribution < -0.4 is 5.73 Å². The molecule has 1 aromatic carbocycles. The van der Waals surface area contributed by atoms with Crippen LogP contribution in [0, 0.1) is 11.6 Å². The number of hydrogen-bond acceptors (Lipinski definition) is 2. The second-order valence-electron chi connectivity index (χ2n) is 3.11. The van der Waals surface area contributed by atoms with Crippen LogP contribution in [0.4, 0.5) is 8.78 Å². The summed E-state index contributed by atoms with van der Waals surface area (Å²) in [6.45, 7) is 0.110. The second kappa shape index (κ2) is 5.02. The Morgan fingerprint density at radius 3 is 2.64 bits per heavy atom. The van der Waals surface area contributed by atoms with E-state index in [1.54, 1.807) is 0 Å². The maximum atomic E-state index is 13.2. The highest BCUT2D eigenvalue weighted by Crippen LogP contribution is 2.22. The molecule has 0 bridgehead atoms. The van der Waals surface area contributed by atoms with Gasteiger partial charge in [-0.3, -0.25) is 0 Å². The molecule has 0 aliphatic carbocycles. The van der Waals surface area contributed by atoms with Crippen LogP contribution in [0.3, 0.4) is 0 Å². The molecule has 1 unspecified atom stereocenters. The molecule has 0 spiro atoms. The van der Waals surface area contributed by atoms with Gasteiger partial charge in [0.15, 0.2) is 0 Å². The summed E-state index contributed by atoms with van der Waals surface area (Å²) in [4.78, 5) is 0. The summed E-state index contributed by atoms with van der Waals surface area (Å²) in [7, 11) is 0. The average Bonchev–Trinajstić information content (AvgIpc) is 2.18. The normalized spacial score (nSPS) is 12.9. The SMILES string of the molecule is NCC(CCO)c1cc(F)ccc1F. The fourth-order valence-electron chi connectivity index (χ4n) is 1.38. The van der Waals surface area contributed by atoms with Gasteiger partial charge in [-0.05, 0) is 36.7 Å². The lowest BCUT2D eigenvalue weighted by Gasteiger charge is -2.14. The molecule has 3 N–H and O–H groups in total. The van der Waals surface area contributed by atoms with Crippen molar-refractivity contribution in [1.82, 2.24) is 0 Å². The Morgan fingerprint density at radius 1 is 1.36 bits per heavy atom. The molecule has 0 amide bonds. The van der Waals surface area contributed by atoms with Crippen molar-refractivity contribution in [3.63, 3.8) is 0 Å². The van der Waals surface area contributed by atoms with E-state index in [-0.39, 0.29) is 24.6 Å². The lowest BCUT2D eigenvalue weighted by molar-refractivity contribution is 0.275. The lowest BCUT2D eigenvalue weighted by Crippen LogP contribution is -2.15. The number of aliphatic hydroxyl groups is 1. The van der Waals surface area contributed by atoms with Gasteiger partial charge in [0.05, 0.1) is 0 Å². The van der Waals surface area contributed by atoms with Crippen molar-refractivity contribution < 1.29 is 13.9 Å². The quantitative estimate of drug-likeness (QED) is 0.773. The van der Waals surface area contributed by atoms with Gasteiger partial charge in [-0.2, -0.15) is 0 Å². The first-order chi connectivity index (χ1) is 6.69. The van der Waals surface area contributed by atoms with E-state index >= 15 is 0 Å². The van der Waals surface area contributed by atoms with E-state index in [1.165, 1.54) is 0 Å². The Kier molecular flexibility index (Phi) is 3.98. The van der Waals surface area contributed by atoms with Gasteiger partial charge < -0.3 is 10.8 Å². The van der Waals surface area contributed by atoms with E-state index in [4.69, 9.17) is 10.8 Å². The van der Waals surface area contributed by atoms with Gasteiger partial charge >= 0.3 is 0 Å². The van der Waals surface area contributed by atoms with Gasteiger partial charge in [0.2, 0.25) is 0 Å². The summed E-state index contributed by atoms with van der Waals surface area (Å²) in [5, 5.41) is 8.72. The Balaban J connectivity index is 2.96. The van der Waals surface area contributed by atoms with Crippen molar-refractivity contribution in [2.45, 2.75) is 12.3 Å². The molecular weight excluding hydrogens is 188 g/mol. The molecule has 78 valence electrons. The molecule has 4 heteroatoms. The number of hydrogen-bond donors (Lipinski definition) is 2. The van der Waals surface area contributed by atoms with Crippen LogP contribution in [0.2, 0.25) is 0 Å². The van der Waals surface area contributed by atoms with E-state index < -0.39 is 11.6 Å². The van der Waals surface area contributed by atoms with Crippen LogP contribution in [0.1, 0.15) is 17.9 Å². The first-order valence-electron chi connectivity index (χ1n) is 4.45. The molecule has 2 nitrogen and oxygen atoms in total. The van der Waals surface area contributed by atoms with Crippen molar-refractivity contribution in [3.05, 3.63) is 35.4 Å². The highest BCUT2D eigenvalue weighted by Gasteiger charge is 2.14. The molecule has 0 aliphatic heterocycles. The van der Waals surface area contributed by atoms with Gasteiger partial charge in [0, 0.05) is 12.5 Å². The molecule has 0 aliphatic rings. The van der Waals surface area contributed by atoms with Gasteiger partial charge in [0.1, 0.15) is 11.6 Å². The Hall–Kier alpha value is -1.00. The van der Waals surface area contributed by atoms with Crippen molar-refractivity contribution in [2.24, 2.45) is 5.73 Å². The number of benzene rings is 1. The monoisotopic (exact) mass is 201 g/mol. The molecule has 0 fully saturated rings. The fraction of sp³-hybridized carbons (Fsp3) is 0.400. The molecule has 1 aromatic rings. The van der Waals surface area contributed by atoms with E-state index in [2.05, 4.69) is 0 Å². The molecular formula is C10H13F2NO. The topological polar surface area (TPSA) is 46.2 Å². The van der Waals surface area contributed by atoms with Crippen LogP contribution >= 0.6 is 0 Å². The summed E-state index contributed by atoms with van der Waals surface area (Å²) >= 11 is 0. The summed E-state index contributed by atoms with van der Waals surface area (Å²) in [6.07, 6.45) is 0.344. The second-order valence-corrected chi connectivity index (χ2v) is 3.11. The van der Waals surface area contributed by atoms with E-state index in [0.29, 0.717) is 6.42 Å². The summed E-state index contributed by atoms with van der Waals surface area (Å²) in [5.74, 6) is -1.29. The first-order valence-corrected chi connectivity index (χ1v) is 4.45. The minimum absolute atomic E-state index is 0.0855. The van der Waals surface area contributed by atoms with Crippen LogP contribution in [-0.4, -0.2) is 18.3 Å². The van der Waals surface area contributed by atoms with E-state index in [1.807, 2.05) is 0 Å². The predicted octanol–water partition coefficient (Wildman–Crippen LogP) is 1.39. The predicted molar refractivity (Wildman–Crippen MR) is 49.9 cm³/mol. The summed E-state index contributed by atoms with van der Waals surface area (Å²) < 4.78 is 26.0. The zero-order valence-electron chi connectivity index (χ0n) is 7.71. The van der Waals surface area contributed by atoms with E-state index in [9.17, 15) is 8.78 Å². The highest BCUT2D eigenvalue weighted by atomic mass is 19.1. The maximum Gasteiger partial charge on any atom is 0.126 e. The fourth-order valence-corrected chi connectivity index (χ4v) is 1.38. The Morgan fingerprint density at radius 2 is 2.07 bits per heavy atom. The smallest absolute Gasteiger partial charge is 0.126 e. The van der Waals surface area contributed by atoms with Crippen molar-refractivity contribution in [1.29, 1.82) is 0 Å². The summed E-state index contributed by atoms with van der Waals surface area (Å²) in [6, 6.07) is 3.26. The lowest BCUT2D eigenvalue weighted by atomic mass is 9.95. The first kappa shape index (κ1) is 11.1. The molecule has 0 heterocycles. The minimum atomic E-state index is -0.488. The van der Waals surface area contributed by atoms with E-state index in [0.717, 1.165) is 18.2 Å². The zero-order valence-corrected chi connectivity index (χ0v) is 7.71. The van der Waals surface area contributed by atoms with Crippen molar-refractivity contribution in [2.75, 3.05) is 13.2 Å². The average molecular weight is 201 g/mol. The number of rotatable bonds is 4. The third-order valence-electron chi connectivity index (χ3n) is 2.16. The standard InChI is InChI=1S/C10H13F2NO/c11-8-1-2-10(12)9(5-8)7(6-13)3-4-14/h1-2,5,7,14H,3-4,6,13H2. The largest absolute Gasteiger partial charge is 0.396 e. The Bertz CT molecular complexity index is 304. The summed E-state index contributed by atoms with van der Waals surface area (Å²) in [5.41, 5.74) is 5.65. The van der Waals surface area contributed by atoms with Gasteiger partial charge in [-0.15, -0.1) is 0 Å². The zero-order chi connectivity index (χ0) is 10.6. The third-order valence-corrected chi connectivity index (χ3v) is 2.16. The molecule has 0 radical (unpaired) electrons. The van der Waals surface area contributed by atoms with Gasteiger partial charge in [-0.25, -0.2) is 8.78 Å². The molecule has 0 aromatic heterocycles. The number of halogens is 2. The van der Waals surface area contributed by atoms with Gasteiger partial charge in [0.25, 0.3) is 0 Å². The van der Waals surface area contributed by atoms with Crippen molar-refractivity contribution in [3.8, 4) is 0 Å². The molecule has 0 saturated carbocycles. The maximum absolute atomic E-state index is 13.2. The molecule has 1 atom stereocenters. The van der Waals surface area contributed by atoms with Crippen LogP contribution in [0.5, 0.6) is 0 Å². The number of nitrogens with two attached hydrogens (primary N) is 1. The minimum Gasteiger partial charge on any atom is -0.396 e. The highest BCUT2D eigenvalue weighted by molar-refractivity contribution is 5.23. The van der Waals surface area contributed by atoms with Crippen LogP contribution in [0.15, 0.2) is 18.2 Å². The Labute approximate surface area is 81.4 Å². The van der Waals surface area contributed by atoms with Crippen molar-refractivity contribution >= 4 is 0 Å².